The number of ether oxygens (including phenoxy) is 1. The molecule has 33 heavy (non-hydrogen) atoms. The number of carbonyl (C=O) groups excluding carboxylic acids is 2. The van der Waals surface area contributed by atoms with Gasteiger partial charge < -0.3 is 19.4 Å². The summed E-state index contributed by atoms with van der Waals surface area (Å²) in [5, 5.41) is 0. The number of aromatic nitrogens is 1. The van der Waals surface area contributed by atoms with Crippen LogP contribution in [0.1, 0.15) is 47.5 Å². The third-order valence-electron chi connectivity index (χ3n) is 7.62. The van der Waals surface area contributed by atoms with Crippen LogP contribution in [0.15, 0.2) is 48.7 Å². The van der Waals surface area contributed by atoms with E-state index in [0.717, 1.165) is 50.2 Å². The van der Waals surface area contributed by atoms with Crippen LogP contribution >= 0.6 is 0 Å². The third kappa shape index (κ3) is 3.78. The van der Waals surface area contributed by atoms with E-state index in [1.54, 1.807) is 13.3 Å². The lowest BCUT2D eigenvalue weighted by Crippen LogP contribution is -2.62. The standard InChI is InChI=1S/C26H32N4O3/c1-33-19-18-30-24(31)21-9-3-2-8-20(21)23(26(30)11-5-6-12-26)25(32)29-16-14-28(15-17-29)22-10-4-7-13-27-22/h2-4,7-10,13,23H,5-6,11-12,14-19H2,1H3. The predicted octanol–water partition coefficient (Wildman–Crippen LogP) is 2.93. The molecule has 0 N–H and O–H groups in total. The first-order valence-corrected chi connectivity index (χ1v) is 12.0. The molecule has 1 unspecified atom stereocenters. The van der Waals surface area contributed by atoms with Gasteiger partial charge >= 0.3 is 0 Å². The molecule has 1 spiro atoms. The molecule has 1 aromatic carbocycles. The van der Waals surface area contributed by atoms with E-state index in [1.807, 2.05) is 52.3 Å². The van der Waals surface area contributed by atoms with Crippen molar-refractivity contribution in [2.45, 2.75) is 37.1 Å². The van der Waals surface area contributed by atoms with Gasteiger partial charge in [0, 0.05) is 51.6 Å². The summed E-state index contributed by atoms with van der Waals surface area (Å²) < 4.78 is 5.35. The van der Waals surface area contributed by atoms with Crippen molar-refractivity contribution in [2.75, 3.05) is 51.3 Å². The van der Waals surface area contributed by atoms with Gasteiger partial charge in [-0.2, -0.15) is 0 Å². The lowest BCUT2D eigenvalue weighted by molar-refractivity contribution is -0.137. The van der Waals surface area contributed by atoms with E-state index in [1.165, 1.54) is 0 Å². The second-order valence-corrected chi connectivity index (χ2v) is 9.28. The Morgan fingerprint density at radius 3 is 2.48 bits per heavy atom. The summed E-state index contributed by atoms with van der Waals surface area (Å²) in [6, 6.07) is 13.6. The van der Waals surface area contributed by atoms with Gasteiger partial charge in [-0.05, 0) is 36.6 Å². The van der Waals surface area contributed by atoms with Crippen LogP contribution in [-0.2, 0) is 9.53 Å². The lowest BCUT2D eigenvalue weighted by Gasteiger charge is -2.51. The van der Waals surface area contributed by atoms with Gasteiger partial charge in [-0.15, -0.1) is 0 Å². The van der Waals surface area contributed by atoms with Crippen molar-refractivity contribution in [2.24, 2.45) is 0 Å². The highest BCUT2D eigenvalue weighted by atomic mass is 16.5. The molecule has 3 aliphatic rings. The highest BCUT2D eigenvalue weighted by Gasteiger charge is 2.56. The highest BCUT2D eigenvalue weighted by molar-refractivity contribution is 6.02. The fourth-order valence-corrected chi connectivity index (χ4v) is 6.03. The maximum Gasteiger partial charge on any atom is 0.254 e. The minimum absolute atomic E-state index is 0.0357. The summed E-state index contributed by atoms with van der Waals surface area (Å²) in [6.07, 6.45) is 5.61. The lowest BCUT2D eigenvalue weighted by atomic mass is 9.70. The fourth-order valence-electron chi connectivity index (χ4n) is 6.03. The van der Waals surface area contributed by atoms with Crippen LogP contribution in [0.2, 0.25) is 0 Å². The zero-order valence-electron chi connectivity index (χ0n) is 19.3. The number of rotatable bonds is 5. The Morgan fingerprint density at radius 2 is 1.79 bits per heavy atom. The van der Waals surface area contributed by atoms with Crippen molar-refractivity contribution in [3.05, 3.63) is 59.8 Å². The van der Waals surface area contributed by atoms with E-state index < -0.39 is 5.54 Å². The van der Waals surface area contributed by atoms with Crippen molar-refractivity contribution >= 4 is 17.6 Å². The quantitative estimate of drug-likeness (QED) is 0.704. The molecule has 0 bridgehead atoms. The first-order chi connectivity index (χ1) is 16.2. The Bertz CT molecular complexity index is 998. The number of nitrogens with zero attached hydrogens (tertiary/aromatic N) is 4. The van der Waals surface area contributed by atoms with Crippen molar-refractivity contribution in [1.82, 2.24) is 14.8 Å². The molecule has 1 saturated carbocycles. The molecule has 1 aliphatic carbocycles. The number of methoxy groups -OCH3 is 1. The smallest absolute Gasteiger partial charge is 0.254 e. The first-order valence-electron chi connectivity index (χ1n) is 12.0. The molecule has 2 aromatic rings. The Kier molecular flexibility index (Phi) is 6.06. The topological polar surface area (TPSA) is 66.0 Å². The molecule has 2 aliphatic heterocycles. The summed E-state index contributed by atoms with van der Waals surface area (Å²) in [5.41, 5.74) is 1.10. The second kappa shape index (κ2) is 9.14. The Hall–Kier alpha value is -2.93. The maximum absolute atomic E-state index is 14.2. The van der Waals surface area contributed by atoms with Crippen LogP contribution in [0.3, 0.4) is 0 Å². The SMILES string of the molecule is COCCN1C(=O)c2ccccc2C(C(=O)N2CCN(c3ccccn3)CC2)C12CCCC2. The van der Waals surface area contributed by atoms with Gasteiger partial charge in [0.1, 0.15) is 5.82 Å². The van der Waals surface area contributed by atoms with E-state index >= 15 is 0 Å². The molecule has 1 aromatic heterocycles. The highest BCUT2D eigenvalue weighted by Crippen LogP contribution is 2.50. The molecular formula is C26H32N4O3. The molecule has 7 heteroatoms. The summed E-state index contributed by atoms with van der Waals surface area (Å²) in [7, 11) is 1.66. The van der Waals surface area contributed by atoms with Crippen molar-refractivity contribution in [1.29, 1.82) is 0 Å². The number of hydrogen-bond donors (Lipinski definition) is 0. The average molecular weight is 449 g/mol. The van der Waals surface area contributed by atoms with E-state index in [2.05, 4.69) is 9.88 Å². The van der Waals surface area contributed by atoms with Crippen LogP contribution in [0.5, 0.6) is 0 Å². The Labute approximate surface area is 195 Å². The molecule has 7 nitrogen and oxygen atoms in total. The molecule has 5 rings (SSSR count). The number of piperazine rings is 1. The first kappa shape index (κ1) is 21.9. The molecule has 0 radical (unpaired) electrons. The van der Waals surface area contributed by atoms with Gasteiger partial charge in [-0.1, -0.05) is 37.1 Å². The Morgan fingerprint density at radius 1 is 1.06 bits per heavy atom. The number of pyridine rings is 1. The third-order valence-corrected chi connectivity index (χ3v) is 7.62. The van der Waals surface area contributed by atoms with Gasteiger partial charge in [0.05, 0.1) is 18.1 Å². The van der Waals surface area contributed by atoms with E-state index in [0.29, 0.717) is 31.8 Å². The number of hydrogen-bond acceptors (Lipinski definition) is 5. The Balaban J connectivity index is 1.45. The molecule has 1 atom stereocenters. The predicted molar refractivity (Wildman–Crippen MR) is 126 cm³/mol. The van der Waals surface area contributed by atoms with E-state index in [-0.39, 0.29) is 17.7 Å². The zero-order chi connectivity index (χ0) is 22.8. The average Bonchev–Trinajstić information content (AvgIpc) is 3.34. The van der Waals surface area contributed by atoms with Crippen LogP contribution < -0.4 is 4.90 Å². The molecule has 2 amide bonds. The van der Waals surface area contributed by atoms with Gasteiger partial charge in [0.25, 0.3) is 5.91 Å². The number of benzene rings is 1. The summed E-state index contributed by atoms with van der Waals surface area (Å²) in [6.45, 7) is 3.83. The molecule has 174 valence electrons. The van der Waals surface area contributed by atoms with Gasteiger partial charge in [-0.25, -0.2) is 4.98 Å². The molecule has 3 heterocycles. The van der Waals surface area contributed by atoms with Gasteiger partial charge in [-0.3, -0.25) is 9.59 Å². The zero-order valence-corrected chi connectivity index (χ0v) is 19.3. The van der Waals surface area contributed by atoms with Crippen molar-refractivity contribution in [3.8, 4) is 0 Å². The van der Waals surface area contributed by atoms with Crippen molar-refractivity contribution < 1.29 is 14.3 Å². The van der Waals surface area contributed by atoms with Gasteiger partial charge in [0.15, 0.2) is 0 Å². The second-order valence-electron chi connectivity index (χ2n) is 9.28. The van der Waals surface area contributed by atoms with Gasteiger partial charge in [0.2, 0.25) is 5.91 Å². The van der Waals surface area contributed by atoms with Crippen LogP contribution in [0.25, 0.3) is 0 Å². The number of carbonyl (C=O) groups is 2. The summed E-state index contributed by atoms with van der Waals surface area (Å²) in [4.78, 5) is 38.4. The number of anilines is 1. The van der Waals surface area contributed by atoms with E-state index in [9.17, 15) is 9.59 Å². The molecular weight excluding hydrogens is 416 g/mol. The fraction of sp³-hybridized carbons (Fsp3) is 0.500. The van der Waals surface area contributed by atoms with Crippen molar-refractivity contribution in [3.63, 3.8) is 0 Å². The largest absolute Gasteiger partial charge is 0.383 e. The van der Waals surface area contributed by atoms with Crippen LogP contribution in [-0.4, -0.2) is 78.6 Å². The number of fused-ring (bicyclic) bond motifs is 1. The number of amides is 2. The monoisotopic (exact) mass is 448 g/mol. The summed E-state index contributed by atoms with van der Waals surface area (Å²) >= 11 is 0. The molecule has 2 fully saturated rings. The van der Waals surface area contributed by atoms with E-state index in [4.69, 9.17) is 4.74 Å². The minimum atomic E-state index is -0.459. The normalized spacial score (nSPS) is 22.0. The minimum Gasteiger partial charge on any atom is -0.383 e. The van der Waals surface area contributed by atoms with Crippen LogP contribution in [0, 0.1) is 0 Å². The summed E-state index contributed by atoms with van der Waals surface area (Å²) in [5.74, 6) is 0.817. The maximum atomic E-state index is 14.2. The van der Waals surface area contributed by atoms with Crippen LogP contribution in [0.4, 0.5) is 5.82 Å². The molecule has 1 saturated heterocycles.